The normalized spacial score (nSPS) is 13.0. The molecule has 0 saturated heterocycles. The highest BCUT2D eigenvalue weighted by Crippen LogP contribution is 2.25. The number of ether oxygens (including phenoxy) is 3. The van der Waals surface area contributed by atoms with E-state index in [1.807, 2.05) is 0 Å². The van der Waals surface area contributed by atoms with E-state index in [9.17, 15) is 8.78 Å². The van der Waals surface area contributed by atoms with Crippen LogP contribution in [-0.2, 0) is 11.3 Å². The minimum atomic E-state index is -2.89. The van der Waals surface area contributed by atoms with Gasteiger partial charge in [-0.15, -0.1) is 24.0 Å². The predicted octanol–water partition coefficient (Wildman–Crippen LogP) is 3.64. The zero-order chi connectivity index (χ0) is 19.7. The zero-order valence-electron chi connectivity index (χ0n) is 16.6. The van der Waals surface area contributed by atoms with Gasteiger partial charge in [-0.05, 0) is 23.6 Å². The van der Waals surface area contributed by atoms with E-state index in [2.05, 4.69) is 41.1 Å². The summed E-state index contributed by atoms with van der Waals surface area (Å²) in [5.74, 6) is 1.17. The lowest BCUT2D eigenvalue weighted by Crippen LogP contribution is -2.45. The van der Waals surface area contributed by atoms with Crippen LogP contribution in [0.2, 0.25) is 0 Å². The molecule has 1 unspecified atom stereocenters. The molecule has 0 fully saturated rings. The molecule has 0 aliphatic rings. The van der Waals surface area contributed by atoms with Gasteiger partial charge in [0.15, 0.2) is 5.96 Å². The first-order valence-corrected chi connectivity index (χ1v) is 8.30. The minimum Gasteiger partial charge on any atom is -0.497 e. The first-order valence-electron chi connectivity index (χ1n) is 8.30. The molecule has 9 heteroatoms. The standard InChI is InChI=1S/C18H29F2N3O3.HI/c1-18(2,3)15(25-6)11-23-17(21-4)22-10-12-9-13(24-5)7-8-14(12)26-16(19)20;/h7-9,15-16H,10-11H2,1-6H3,(H2,21,22,23);1H. The van der Waals surface area contributed by atoms with Crippen LogP contribution in [0.3, 0.4) is 0 Å². The quantitative estimate of drug-likeness (QED) is 0.324. The fourth-order valence-electron chi connectivity index (χ4n) is 2.36. The topological polar surface area (TPSA) is 64.1 Å². The van der Waals surface area contributed by atoms with Gasteiger partial charge in [0.1, 0.15) is 11.5 Å². The molecule has 0 saturated carbocycles. The van der Waals surface area contributed by atoms with E-state index in [1.165, 1.54) is 13.2 Å². The second-order valence-electron chi connectivity index (χ2n) is 6.75. The summed E-state index contributed by atoms with van der Waals surface area (Å²) in [7, 11) is 4.81. The van der Waals surface area contributed by atoms with Gasteiger partial charge in [-0.3, -0.25) is 4.99 Å². The van der Waals surface area contributed by atoms with Gasteiger partial charge in [-0.1, -0.05) is 20.8 Å². The third-order valence-electron chi connectivity index (χ3n) is 3.86. The summed E-state index contributed by atoms with van der Waals surface area (Å²) in [4.78, 5) is 4.14. The number of halogens is 3. The van der Waals surface area contributed by atoms with Crippen molar-refractivity contribution in [2.45, 2.75) is 40.0 Å². The molecular formula is C18H30F2IN3O3. The van der Waals surface area contributed by atoms with Gasteiger partial charge < -0.3 is 24.8 Å². The summed E-state index contributed by atoms with van der Waals surface area (Å²) < 4.78 is 40.4. The van der Waals surface area contributed by atoms with E-state index in [0.717, 1.165) is 0 Å². The molecule has 6 nitrogen and oxygen atoms in total. The summed E-state index contributed by atoms with van der Waals surface area (Å²) >= 11 is 0. The number of hydrogen-bond donors (Lipinski definition) is 2. The van der Waals surface area contributed by atoms with Crippen LogP contribution in [0.5, 0.6) is 11.5 Å². The number of nitrogens with zero attached hydrogens (tertiary/aromatic N) is 1. The molecule has 1 rings (SSSR count). The van der Waals surface area contributed by atoms with Gasteiger partial charge >= 0.3 is 6.61 Å². The fraction of sp³-hybridized carbons (Fsp3) is 0.611. The highest BCUT2D eigenvalue weighted by Gasteiger charge is 2.24. The van der Waals surface area contributed by atoms with Crippen molar-refractivity contribution < 1.29 is 23.0 Å². The number of alkyl halides is 2. The number of nitrogens with one attached hydrogen (secondary N) is 2. The number of guanidine groups is 1. The maximum absolute atomic E-state index is 12.6. The van der Waals surface area contributed by atoms with E-state index < -0.39 is 6.61 Å². The third-order valence-corrected chi connectivity index (χ3v) is 3.86. The monoisotopic (exact) mass is 501 g/mol. The van der Waals surface area contributed by atoms with E-state index in [4.69, 9.17) is 9.47 Å². The summed E-state index contributed by atoms with van der Waals surface area (Å²) in [5.41, 5.74) is 0.498. The van der Waals surface area contributed by atoms with Crippen LogP contribution in [0.1, 0.15) is 26.3 Å². The average molecular weight is 501 g/mol. The Labute approximate surface area is 177 Å². The molecule has 1 aromatic carbocycles. The SMILES string of the molecule is CN=C(NCc1cc(OC)ccc1OC(F)F)NCC(OC)C(C)(C)C.I. The van der Waals surface area contributed by atoms with Crippen LogP contribution in [0, 0.1) is 5.41 Å². The second-order valence-corrected chi connectivity index (χ2v) is 6.75. The Morgan fingerprint density at radius 3 is 2.33 bits per heavy atom. The van der Waals surface area contributed by atoms with E-state index >= 15 is 0 Å². The van der Waals surface area contributed by atoms with Crippen molar-refractivity contribution in [3.05, 3.63) is 23.8 Å². The number of aliphatic imine (C=N–C) groups is 1. The first kappa shape index (κ1) is 25.6. The second kappa shape index (κ2) is 12.2. The largest absolute Gasteiger partial charge is 0.497 e. The Kier molecular flexibility index (Phi) is 11.6. The molecule has 0 aliphatic heterocycles. The highest BCUT2D eigenvalue weighted by molar-refractivity contribution is 14.0. The van der Waals surface area contributed by atoms with Crippen molar-refractivity contribution in [2.24, 2.45) is 10.4 Å². The Balaban J connectivity index is 0.00000676. The Bertz CT molecular complexity index is 596. The van der Waals surface area contributed by atoms with Crippen LogP contribution in [0.25, 0.3) is 0 Å². The highest BCUT2D eigenvalue weighted by atomic mass is 127. The third kappa shape index (κ3) is 8.91. The van der Waals surface area contributed by atoms with Gasteiger partial charge in [-0.2, -0.15) is 8.78 Å². The molecule has 27 heavy (non-hydrogen) atoms. The van der Waals surface area contributed by atoms with Crippen molar-refractivity contribution >= 4 is 29.9 Å². The molecule has 2 N–H and O–H groups in total. The van der Waals surface area contributed by atoms with Crippen LogP contribution < -0.4 is 20.1 Å². The number of hydrogen-bond acceptors (Lipinski definition) is 4. The minimum absolute atomic E-state index is 0. The molecule has 0 aliphatic carbocycles. The van der Waals surface area contributed by atoms with E-state index in [0.29, 0.717) is 23.8 Å². The molecule has 1 atom stereocenters. The molecule has 0 radical (unpaired) electrons. The van der Waals surface area contributed by atoms with Crippen molar-refractivity contribution in [1.29, 1.82) is 0 Å². The number of benzene rings is 1. The van der Waals surface area contributed by atoms with Gasteiger partial charge in [0.05, 0.1) is 13.2 Å². The maximum Gasteiger partial charge on any atom is 0.387 e. The van der Waals surface area contributed by atoms with Gasteiger partial charge in [0.25, 0.3) is 0 Å². The van der Waals surface area contributed by atoms with Gasteiger partial charge in [0, 0.05) is 32.8 Å². The average Bonchev–Trinajstić information content (AvgIpc) is 2.57. The zero-order valence-corrected chi connectivity index (χ0v) is 19.0. The van der Waals surface area contributed by atoms with Crippen LogP contribution >= 0.6 is 24.0 Å². The Morgan fingerprint density at radius 2 is 1.85 bits per heavy atom. The van der Waals surface area contributed by atoms with Crippen molar-refractivity contribution in [1.82, 2.24) is 10.6 Å². The van der Waals surface area contributed by atoms with Gasteiger partial charge in [0.2, 0.25) is 0 Å². The molecular weight excluding hydrogens is 471 g/mol. The Hall–Kier alpha value is -1.36. The molecule has 0 spiro atoms. The predicted molar refractivity (Wildman–Crippen MR) is 113 cm³/mol. The summed E-state index contributed by atoms with van der Waals surface area (Å²) in [6.07, 6.45) is -0.0180. The molecule has 0 amide bonds. The summed E-state index contributed by atoms with van der Waals surface area (Å²) in [6.45, 7) is 4.16. The molecule has 0 aromatic heterocycles. The fourth-order valence-corrected chi connectivity index (χ4v) is 2.36. The smallest absolute Gasteiger partial charge is 0.387 e. The van der Waals surface area contributed by atoms with E-state index in [-0.39, 0.29) is 47.8 Å². The molecule has 156 valence electrons. The molecule has 0 heterocycles. The van der Waals surface area contributed by atoms with Crippen LogP contribution in [-0.4, -0.2) is 46.5 Å². The summed E-state index contributed by atoms with van der Waals surface area (Å²) in [6, 6.07) is 4.67. The van der Waals surface area contributed by atoms with Crippen molar-refractivity contribution in [3.63, 3.8) is 0 Å². The van der Waals surface area contributed by atoms with Crippen LogP contribution in [0.15, 0.2) is 23.2 Å². The lowest BCUT2D eigenvalue weighted by Gasteiger charge is -2.30. The van der Waals surface area contributed by atoms with Crippen molar-refractivity contribution in [2.75, 3.05) is 27.8 Å². The lowest BCUT2D eigenvalue weighted by atomic mass is 9.89. The van der Waals surface area contributed by atoms with E-state index in [1.54, 1.807) is 26.3 Å². The Morgan fingerprint density at radius 1 is 1.19 bits per heavy atom. The molecule has 1 aromatic rings. The number of methoxy groups -OCH3 is 2. The maximum atomic E-state index is 12.6. The number of rotatable bonds is 8. The summed E-state index contributed by atoms with van der Waals surface area (Å²) in [5, 5.41) is 6.26. The molecule has 0 bridgehead atoms. The van der Waals surface area contributed by atoms with Crippen LogP contribution in [0.4, 0.5) is 8.78 Å². The lowest BCUT2D eigenvalue weighted by molar-refractivity contribution is -0.0505. The van der Waals surface area contributed by atoms with Gasteiger partial charge in [-0.25, -0.2) is 0 Å². The first-order chi connectivity index (χ1) is 12.2. The van der Waals surface area contributed by atoms with Crippen molar-refractivity contribution in [3.8, 4) is 11.5 Å².